The molecule has 0 unspecified atom stereocenters. The SMILES string of the molecule is O=C(Cl)c1c(C(F)F)cc(F)[nH]c1=O. The Bertz CT molecular complexity index is 429. The van der Waals surface area contributed by atoms with Crippen molar-refractivity contribution in [1.29, 1.82) is 0 Å². The Balaban J connectivity index is 3.53. The normalized spacial score (nSPS) is 10.6. The van der Waals surface area contributed by atoms with Gasteiger partial charge in [0.15, 0.2) is 5.95 Å². The van der Waals surface area contributed by atoms with Crippen LogP contribution in [0.4, 0.5) is 13.2 Å². The Hall–Kier alpha value is -1.30. The third-order valence-corrected chi connectivity index (χ3v) is 1.65. The van der Waals surface area contributed by atoms with Crippen LogP contribution in [0.3, 0.4) is 0 Å². The maximum atomic E-state index is 12.5. The van der Waals surface area contributed by atoms with E-state index in [0.717, 1.165) is 0 Å². The summed E-state index contributed by atoms with van der Waals surface area (Å²) in [6.45, 7) is 0. The van der Waals surface area contributed by atoms with Crippen molar-refractivity contribution < 1.29 is 18.0 Å². The van der Waals surface area contributed by atoms with Crippen LogP contribution < -0.4 is 5.56 Å². The van der Waals surface area contributed by atoms with Crippen LogP contribution in [0.5, 0.6) is 0 Å². The van der Waals surface area contributed by atoms with Crippen LogP contribution in [0, 0.1) is 5.95 Å². The highest BCUT2D eigenvalue weighted by Gasteiger charge is 2.21. The smallest absolute Gasteiger partial charge is 0.264 e. The van der Waals surface area contributed by atoms with E-state index in [4.69, 9.17) is 11.6 Å². The van der Waals surface area contributed by atoms with Crippen molar-refractivity contribution in [2.75, 3.05) is 0 Å². The van der Waals surface area contributed by atoms with Gasteiger partial charge in [0.1, 0.15) is 5.56 Å². The monoisotopic (exact) mass is 225 g/mol. The lowest BCUT2D eigenvalue weighted by molar-refractivity contribution is 0.106. The number of hydrogen-bond acceptors (Lipinski definition) is 2. The molecule has 1 rings (SSSR count). The Morgan fingerprint density at radius 2 is 2.07 bits per heavy atom. The molecule has 14 heavy (non-hydrogen) atoms. The van der Waals surface area contributed by atoms with E-state index in [2.05, 4.69) is 0 Å². The van der Waals surface area contributed by atoms with Gasteiger partial charge >= 0.3 is 0 Å². The van der Waals surface area contributed by atoms with Gasteiger partial charge in [-0.1, -0.05) is 0 Å². The van der Waals surface area contributed by atoms with E-state index in [1.165, 1.54) is 0 Å². The van der Waals surface area contributed by atoms with E-state index in [1.807, 2.05) is 0 Å². The van der Waals surface area contributed by atoms with Gasteiger partial charge in [-0.15, -0.1) is 0 Å². The number of carbonyl (C=O) groups excluding carboxylic acids is 1. The summed E-state index contributed by atoms with van der Waals surface area (Å²) < 4.78 is 36.9. The summed E-state index contributed by atoms with van der Waals surface area (Å²) in [6.07, 6.45) is -3.13. The molecule has 0 aromatic carbocycles. The molecule has 0 amide bonds. The van der Waals surface area contributed by atoms with Crippen molar-refractivity contribution in [2.24, 2.45) is 0 Å². The van der Waals surface area contributed by atoms with Crippen molar-refractivity contribution in [3.63, 3.8) is 0 Å². The molecule has 0 saturated carbocycles. The number of alkyl halides is 2. The average Bonchev–Trinajstić information content (AvgIpc) is 2.01. The zero-order chi connectivity index (χ0) is 10.9. The molecule has 0 aliphatic heterocycles. The molecule has 0 atom stereocenters. The Morgan fingerprint density at radius 1 is 1.50 bits per heavy atom. The molecular weight excluding hydrogens is 223 g/mol. The summed E-state index contributed by atoms with van der Waals surface area (Å²) in [7, 11) is 0. The van der Waals surface area contributed by atoms with E-state index in [9.17, 15) is 22.8 Å². The largest absolute Gasteiger partial charge is 0.298 e. The highest BCUT2D eigenvalue weighted by molar-refractivity contribution is 6.67. The second kappa shape index (κ2) is 3.83. The minimum atomic E-state index is -3.13. The molecule has 0 radical (unpaired) electrons. The van der Waals surface area contributed by atoms with Gasteiger partial charge in [-0.05, 0) is 11.6 Å². The van der Waals surface area contributed by atoms with Crippen LogP contribution in [0.2, 0.25) is 0 Å². The Kier molecular flexibility index (Phi) is 2.95. The van der Waals surface area contributed by atoms with Gasteiger partial charge in [-0.3, -0.25) is 14.6 Å². The minimum Gasteiger partial charge on any atom is -0.298 e. The summed E-state index contributed by atoms with van der Waals surface area (Å²) in [5.41, 5.74) is -3.20. The quantitative estimate of drug-likeness (QED) is 0.617. The molecule has 0 bridgehead atoms. The number of nitrogens with one attached hydrogen (secondary N) is 1. The standard InChI is InChI=1S/C7H3ClF3NO2/c8-5(13)4-2(6(10)11)1-3(9)12-7(4)14/h1,6H,(H,12,14). The van der Waals surface area contributed by atoms with Crippen LogP contribution in [-0.2, 0) is 0 Å². The molecule has 1 aromatic rings. The fourth-order valence-electron chi connectivity index (χ4n) is 0.922. The number of hydrogen-bond donors (Lipinski definition) is 1. The van der Waals surface area contributed by atoms with Crippen LogP contribution >= 0.6 is 11.6 Å². The summed E-state index contributed by atoms with van der Waals surface area (Å²) in [5, 5.41) is -1.35. The van der Waals surface area contributed by atoms with E-state index in [1.54, 1.807) is 4.98 Å². The zero-order valence-electron chi connectivity index (χ0n) is 6.48. The lowest BCUT2D eigenvalue weighted by Gasteiger charge is -2.03. The van der Waals surface area contributed by atoms with Crippen molar-refractivity contribution in [2.45, 2.75) is 6.43 Å². The average molecular weight is 226 g/mol. The summed E-state index contributed by atoms with van der Waals surface area (Å²) in [4.78, 5) is 23.0. The molecule has 1 aromatic heterocycles. The second-order valence-electron chi connectivity index (χ2n) is 2.35. The number of rotatable bonds is 2. The Labute approximate surface area is 80.5 Å². The molecule has 1 N–H and O–H groups in total. The van der Waals surface area contributed by atoms with Crippen LogP contribution in [-0.4, -0.2) is 10.2 Å². The first kappa shape index (κ1) is 10.8. The summed E-state index contributed by atoms with van der Waals surface area (Å²) >= 11 is 4.90. The molecule has 7 heteroatoms. The molecular formula is C7H3ClF3NO2. The van der Waals surface area contributed by atoms with Gasteiger partial charge in [0.25, 0.3) is 17.2 Å². The molecule has 3 nitrogen and oxygen atoms in total. The fraction of sp³-hybridized carbons (Fsp3) is 0.143. The number of aromatic amines is 1. The molecule has 1 heterocycles. The van der Waals surface area contributed by atoms with Gasteiger partial charge in [0, 0.05) is 11.6 Å². The lowest BCUT2D eigenvalue weighted by atomic mass is 10.1. The third-order valence-electron chi connectivity index (χ3n) is 1.46. The predicted molar refractivity (Wildman–Crippen MR) is 42.2 cm³/mol. The fourth-order valence-corrected chi connectivity index (χ4v) is 1.12. The topological polar surface area (TPSA) is 49.9 Å². The maximum Gasteiger partial charge on any atom is 0.264 e. The first-order valence-corrected chi connectivity index (χ1v) is 3.72. The van der Waals surface area contributed by atoms with Gasteiger partial charge in [-0.2, -0.15) is 4.39 Å². The van der Waals surface area contributed by atoms with Crippen LogP contribution in [0.1, 0.15) is 22.3 Å². The molecule has 0 aliphatic rings. The molecule has 0 spiro atoms. The number of halogens is 4. The second-order valence-corrected chi connectivity index (χ2v) is 2.69. The van der Waals surface area contributed by atoms with Crippen molar-refractivity contribution in [3.05, 3.63) is 33.5 Å². The van der Waals surface area contributed by atoms with Gasteiger partial charge in [0.2, 0.25) is 0 Å². The predicted octanol–water partition coefficient (Wildman–Crippen LogP) is 1.83. The number of aromatic nitrogens is 1. The summed E-state index contributed by atoms with van der Waals surface area (Å²) in [6, 6.07) is 0.363. The highest BCUT2D eigenvalue weighted by atomic mass is 35.5. The molecule has 0 saturated heterocycles. The third kappa shape index (κ3) is 1.95. The van der Waals surface area contributed by atoms with Gasteiger partial charge in [0.05, 0.1) is 0 Å². The molecule has 0 fully saturated rings. The lowest BCUT2D eigenvalue weighted by Crippen LogP contribution is -2.19. The first-order chi connectivity index (χ1) is 6.43. The van der Waals surface area contributed by atoms with Crippen molar-refractivity contribution >= 4 is 16.8 Å². The zero-order valence-corrected chi connectivity index (χ0v) is 7.24. The van der Waals surface area contributed by atoms with E-state index in [0.29, 0.717) is 6.07 Å². The number of pyridine rings is 1. The van der Waals surface area contributed by atoms with Crippen LogP contribution in [0.15, 0.2) is 10.9 Å². The van der Waals surface area contributed by atoms with E-state index >= 15 is 0 Å². The van der Waals surface area contributed by atoms with Crippen molar-refractivity contribution in [3.8, 4) is 0 Å². The maximum absolute atomic E-state index is 12.5. The number of carbonyl (C=O) groups is 1. The number of H-pyrrole nitrogens is 1. The van der Waals surface area contributed by atoms with Crippen LogP contribution in [0.25, 0.3) is 0 Å². The first-order valence-electron chi connectivity index (χ1n) is 3.34. The minimum absolute atomic E-state index is 0.363. The van der Waals surface area contributed by atoms with Gasteiger partial charge in [-0.25, -0.2) is 8.78 Å². The molecule has 0 aliphatic carbocycles. The Morgan fingerprint density at radius 3 is 2.50 bits per heavy atom. The van der Waals surface area contributed by atoms with E-state index < -0.39 is 34.3 Å². The molecule has 76 valence electrons. The van der Waals surface area contributed by atoms with E-state index in [-0.39, 0.29) is 0 Å². The van der Waals surface area contributed by atoms with Gasteiger partial charge < -0.3 is 0 Å². The summed E-state index contributed by atoms with van der Waals surface area (Å²) in [5.74, 6) is -1.24. The highest BCUT2D eigenvalue weighted by Crippen LogP contribution is 2.21. The van der Waals surface area contributed by atoms with Crippen molar-refractivity contribution in [1.82, 2.24) is 4.98 Å².